The van der Waals surface area contributed by atoms with Crippen LogP contribution in [-0.2, 0) is 4.79 Å². The molecule has 0 spiro atoms. The Hall–Kier alpha value is -0.240. The van der Waals surface area contributed by atoms with Crippen LogP contribution in [0.25, 0.3) is 0 Å². The van der Waals surface area contributed by atoms with E-state index in [2.05, 4.69) is 33.0 Å². The largest absolute Gasteiger partial charge is 0.356 e. The fraction of sp³-hybridized carbons (Fsp3) is 0.933. The van der Waals surface area contributed by atoms with Gasteiger partial charge in [-0.3, -0.25) is 4.79 Å². The van der Waals surface area contributed by atoms with Crippen LogP contribution in [0.15, 0.2) is 0 Å². The van der Waals surface area contributed by atoms with E-state index in [9.17, 15) is 4.79 Å². The van der Waals surface area contributed by atoms with Gasteiger partial charge in [-0.05, 0) is 36.5 Å². The third-order valence-corrected chi connectivity index (χ3v) is 4.67. The lowest BCUT2D eigenvalue weighted by atomic mass is 9.80. The van der Waals surface area contributed by atoms with Crippen molar-refractivity contribution < 1.29 is 4.79 Å². The van der Waals surface area contributed by atoms with Gasteiger partial charge in [0.05, 0.1) is 0 Å². The van der Waals surface area contributed by atoms with Crippen molar-refractivity contribution in [1.29, 1.82) is 0 Å². The number of halogens is 1. The van der Waals surface area contributed by atoms with Gasteiger partial charge in [0.2, 0.25) is 5.91 Å². The number of hydrogen-bond donors (Lipinski definition) is 1. The number of nitrogens with one attached hydrogen (secondary N) is 1. The number of alkyl halides is 1. The number of hydrogen-bond acceptors (Lipinski definition) is 1. The summed E-state index contributed by atoms with van der Waals surface area (Å²) in [5, 5.41) is 3.39. The Morgan fingerprint density at radius 1 is 1.39 bits per heavy atom. The third-order valence-electron chi connectivity index (χ3n) is 4.28. The molecule has 1 saturated carbocycles. The Bertz CT molecular complexity index is 272. The van der Waals surface area contributed by atoms with Crippen LogP contribution in [0.2, 0.25) is 0 Å². The molecule has 1 rings (SSSR count). The average Bonchev–Trinajstić information content (AvgIpc) is 2.25. The minimum absolute atomic E-state index is 0.189. The van der Waals surface area contributed by atoms with Crippen LogP contribution in [0.4, 0.5) is 0 Å². The average molecular weight is 274 g/mol. The van der Waals surface area contributed by atoms with Crippen molar-refractivity contribution in [2.24, 2.45) is 17.3 Å². The highest BCUT2D eigenvalue weighted by Crippen LogP contribution is 2.29. The second-order valence-corrected chi connectivity index (χ2v) is 7.52. The molecule has 0 heterocycles. The first-order valence-electron chi connectivity index (χ1n) is 7.19. The summed E-state index contributed by atoms with van der Waals surface area (Å²) in [5.74, 6) is 1.17. The number of carbonyl (C=O) groups is 1. The van der Waals surface area contributed by atoms with Crippen molar-refractivity contribution in [1.82, 2.24) is 5.32 Å². The second-order valence-electron chi connectivity index (χ2n) is 6.91. The van der Waals surface area contributed by atoms with E-state index in [1.54, 1.807) is 0 Å². The Morgan fingerprint density at radius 3 is 2.61 bits per heavy atom. The summed E-state index contributed by atoms with van der Waals surface area (Å²) in [6.45, 7) is 9.51. The molecule has 0 radical (unpaired) electrons. The lowest BCUT2D eigenvalue weighted by Gasteiger charge is -2.28. The van der Waals surface area contributed by atoms with Crippen LogP contribution >= 0.6 is 11.6 Å². The molecule has 0 aromatic carbocycles. The minimum Gasteiger partial charge on any atom is -0.356 e. The minimum atomic E-state index is 0.189. The Balaban J connectivity index is 2.24. The topological polar surface area (TPSA) is 29.1 Å². The van der Waals surface area contributed by atoms with Crippen molar-refractivity contribution in [2.45, 2.75) is 65.2 Å². The van der Waals surface area contributed by atoms with Crippen molar-refractivity contribution in [2.75, 3.05) is 6.54 Å². The first kappa shape index (κ1) is 15.8. The molecule has 0 aromatic rings. The Labute approximate surface area is 117 Å². The molecule has 0 bridgehead atoms. The fourth-order valence-electron chi connectivity index (χ4n) is 2.33. The first-order chi connectivity index (χ1) is 8.29. The van der Waals surface area contributed by atoms with E-state index >= 15 is 0 Å². The molecule has 0 saturated heterocycles. The van der Waals surface area contributed by atoms with Gasteiger partial charge in [0.25, 0.3) is 0 Å². The van der Waals surface area contributed by atoms with Crippen LogP contribution in [0.3, 0.4) is 0 Å². The van der Waals surface area contributed by atoms with E-state index in [0.29, 0.717) is 23.6 Å². The van der Waals surface area contributed by atoms with Crippen LogP contribution in [-0.4, -0.2) is 17.8 Å². The van der Waals surface area contributed by atoms with Gasteiger partial charge in [-0.1, -0.05) is 34.1 Å². The van der Waals surface area contributed by atoms with Crippen molar-refractivity contribution >= 4 is 17.5 Å². The molecular formula is C15H28ClNO. The number of carbonyl (C=O) groups excluding carboxylic acids is 1. The molecule has 2 nitrogen and oxygen atoms in total. The highest BCUT2D eigenvalue weighted by atomic mass is 35.5. The molecule has 1 aliphatic rings. The summed E-state index contributed by atoms with van der Waals surface area (Å²) in [7, 11) is 0. The van der Waals surface area contributed by atoms with Gasteiger partial charge in [0.15, 0.2) is 0 Å². The summed E-state index contributed by atoms with van der Waals surface area (Å²) in [6, 6.07) is 0. The molecule has 18 heavy (non-hydrogen) atoms. The normalized spacial score (nSPS) is 26.7. The van der Waals surface area contributed by atoms with Crippen molar-refractivity contribution in [3.8, 4) is 0 Å². The van der Waals surface area contributed by atoms with Gasteiger partial charge in [-0.15, -0.1) is 11.6 Å². The zero-order valence-corrected chi connectivity index (χ0v) is 13.0. The molecular weight excluding hydrogens is 246 g/mol. The van der Waals surface area contributed by atoms with Crippen LogP contribution in [0.1, 0.15) is 59.8 Å². The Kier molecular flexibility index (Phi) is 5.97. The first-order valence-corrected chi connectivity index (χ1v) is 7.63. The monoisotopic (exact) mass is 273 g/mol. The Morgan fingerprint density at radius 2 is 2.06 bits per heavy atom. The van der Waals surface area contributed by atoms with Gasteiger partial charge in [-0.25, -0.2) is 0 Å². The van der Waals surface area contributed by atoms with Crippen LogP contribution in [0, 0.1) is 17.3 Å². The summed E-state index contributed by atoms with van der Waals surface area (Å²) >= 11 is 6.16. The molecule has 1 N–H and O–H groups in total. The summed E-state index contributed by atoms with van der Waals surface area (Å²) < 4.78 is 0. The highest BCUT2D eigenvalue weighted by molar-refractivity contribution is 6.20. The van der Waals surface area contributed by atoms with Crippen molar-refractivity contribution in [3.05, 3.63) is 0 Å². The van der Waals surface area contributed by atoms with Crippen LogP contribution < -0.4 is 5.32 Å². The van der Waals surface area contributed by atoms with Gasteiger partial charge in [0.1, 0.15) is 0 Å². The van der Waals surface area contributed by atoms with E-state index in [1.165, 1.54) is 12.8 Å². The SMILES string of the molecule is CC(CC(=O)NCC1CCCC(Cl)C1)C(C)(C)C. The maximum atomic E-state index is 11.9. The third kappa shape index (κ3) is 5.60. The van der Waals surface area contributed by atoms with E-state index < -0.39 is 0 Å². The van der Waals surface area contributed by atoms with E-state index in [0.717, 1.165) is 19.4 Å². The van der Waals surface area contributed by atoms with Crippen molar-refractivity contribution in [3.63, 3.8) is 0 Å². The van der Waals surface area contributed by atoms with Gasteiger partial charge >= 0.3 is 0 Å². The van der Waals surface area contributed by atoms with Gasteiger partial charge in [-0.2, -0.15) is 0 Å². The lowest BCUT2D eigenvalue weighted by molar-refractivity contribution is -0.122. The smallest absolute Gasteiger partial charge is 0.220 e. The molecule has 106 valence electrons. The molecule has 3 heteroatoms. The standard InChI is InChI=1S/C15H28ClNO/c1-11(15(2,3)4)8-14(18)17-10-12-6-5-7-13(16)9-12/h11-13H,5-10H2,1-4H3,(H,17,18). The van der Waals surface area contributed by atoms with E-state index in [1.807, 2.05) is 0 Å². The van der Waals surface area contributed by atoms with Gasteiger partial charge < -0.3 is 5.32 Å². The summed E-state index contributed by atoms with van der Waals surface area (Å²) in [6.07, 6.45) is 5.22. The predicted molar refractivity (Wildman–Crippen MR) is 77.8 cm³/mol. The van der Waals surface area contributed by atoms with Gasteiger partial charge in [0, 0.05) is 18.3 Å². The molecule has 3 atom stereocenters. The number of rotatable bonds is 4. The highest BCUT2D eigenvalue weighted by Gasteiger charge is 2.24. The van der Waals surface area contributed by atoms with E-state index in [-0.39, 0.29) is 11.3 Å². The molecule has 0 aliphatic heterocycles. The maximum Gasteiger partial charge on any atom is 0.220 e. The molecule has 3 unspecified atom stereocenters. The maximum absolute atomic E-state index is 11.9. The molecule has 1 fully saturated rings. The van der Waals surface area contributed by atoms with E-state index in [4.69, 9.17) is 11.6 Å². The molecule has 1 aliphatic carbocycles. The number of amides is 1. The molecule has 0 aromatic heterocycles. The molecule has 1 amide bonds. The second kappa shape index (κ2) is 6.79. The predicted octanol–water partition coefficient (Wildman–Crippen LogP) is 3.97. The summed E-state index contributed by atoms with van der Waals surface area (Å²) in [4.78, 5) is 11.9. The lowest BCUT2D eigenvalue weighted by Crippen LogP contribution is -2.34. The van der Waals surface area contributed by atoms with Crippen LogP contribution in [0.5, 0.6) is 0 Å². The zero-order chi connectivity index (χ0) is 13.8. The zero-order valence-electron chi connectivity index (χ0n) is 12.3. The fourth-order valence-corrected chi connectivity index (χ4v) is 2.73. The summed E-state index contributed by atoms with van der Waals surface area (Å²) in [5.41, 5.74) is 0.198. The quantitative estimate of drug-likeness (QED) is 0.772.